The molecule has 0 radical (unpaired) electrons. The second kappa shape index (κ2) is 8.93. The van der Waals surface area contributed by atoms with Crippen LogP contribution in [0.25, 0.3) is 11.4 Å². The molecule has 1 aliphatic heterocycles. The lowest BCUT2D eigenvalue weighted by Gasteiger charge is -2.17. The van der Waals surface area contributed by atoms with Crippen LogP contribution in [0.2, 0.25) is 0 Å². The summed E-state index contributed by atoms with van der Waals surface area (Å²) in [7, 11) is 0. The van der Waals surface area contributed by atoms with Gasteiger partial charge in [0.05, 0.1) is 17.7 Å². The average Bonchev–Trinajstić information content (AvgIpc) is 3.51. The summed E-state index contributed by atoms with van der Waals surface area (Å²) in [5.74, 6) is 0.788. The van der Waals surface area contributed by atoms with Gasteiger partial charge >= 0.3 is 6.18 Å². The Bertz CT molecular complexity index is 1380. The summed E-state index contributed by atoms with van der Waals surface area (Å²) in [5.41, 5.74) is 0.0740. The number of pyridine rings is 1. The molecule has 10 nitrogen and oxygen atoms in total. The fraction of sp³-hybridized carbons (Fsp3) is 0.136. The summed E-state index contributed by atoms with van der Waals surface area (Å²) in [5, 5.41) is 18.9. The zero-order valence-electron chi connectivity index (χ0n) is 17.8. The minimum atomic E-state index is -4.69. The number of hydrogen-bond acceptors (Lipinski definition) is 8. The number of nitrogens with one attached hydrogen (secondary N) is 3. The summed E-state index contributed by atoms with van der Waals surface area (Å²) < 4.78 is 51.6. The Morgan fingerprint density at radius 3 is 2.69 bits per heavy atom. The second-order valence-electron chi connectivity index (χ2n) is 7.43. The number of H-pyrrole nitrogens is 1. The van der Waals surface area contributed by atoms with E-state index in [-0.39, 0.29) is 30.5 Å². The Labute approximate surface area is 195 Å². The number of rotatable bonds is 6. The van der Waals surface area contributed by atoms with Crippen molar-refractivity contribution in [2.75, 3.05) is 17.4 Å². The molecule has 3 heterocycles. The Balaban J connectivity index is 1.39. The molecule has 0 aliphatic carbocycles. The molecule has 0 unspecified atom stereocenters. The molecule has 4 aromatic rings. The minimum Gasteiger partial charge on any atom is -0.454 e. The van der Waals surface area contributed by atoms with Crippen molar-refractivity contribution in [2.45, 2.75) is 12.6 Å². The van der Waals surface area contributed by atoms with Crippen LogP contribution in [0.1, 0.15) is 11.1 Å². The highest BCUT2D eigenvalue weighted by Crippen LogP contribution is 2.38. The van der Waals surface area contributed by atoms with E-state index in [4.69, 9.17) is 9.47 Å². The number of fused-ring (bicyclic) bond motifs is 1. The van der Waals surface area contributed by atoms with Gasteiger partial charge in [0.25, 0.3) is 0 Å². The van der Waals surface area contributed by atoms with E-state index in [1.54, 1.807) is 42.5 Å². The number of nitrogens with zero attached hydrogens (tertiary/aromatic N) is 4. The first kappa shape index (κ1) is 22.1. The number of hydrogen-bond donors (Lipinski definition) is 3. The molecule has 178 valence electrons. The maximum Gasteiger partial charge on any atom is 0.419 e. The van der Waals surface area contributed by atoms with Gasteiger partial charge in [-0.05, 0) is 35.0 Å². The molecular formula is C22H16F3N7O3. The van der Waals surface area contributed by atoms with E-state index in [0.29, 0.717) is 34.5 Å². The number of para-hydroxylation sites is 1. The highest BCUT2D eigenvalue weighted by atomic mass is 19.4. The fourth-order valence-electron chi connectivity index (χ4n) is 3.48. The third-order valence-corrected chi connectivity index (χ3v) is 5.06. The van der Waals surface area contributed by atoms with Crippen molar-refractivity contribution >= 4 is 23.1 Å². The molecule has 0 fully saturated rings. The van der Waals surface area contributed by atoms with Crippen LogP contribution < -0.4 is 20.1 Å². The normalized spacial score (nSPS) is 12.4. The van der Waals surface area contributed by atoms with Gasteiger partial charge in [-0.3, -0.25) is 4.79 Å². The molecule has 0 spiro atoms. The number of carbonyl (C=O) groups is 1. The quantitative estimate of drug-likeness (QED) is 0.377. The van der Waals surface area contributed by atoms with Gasteiger partial charge in [0, 0.05) is 23.5 Å². The average molecular weight is 483 g/mol. The minimum absolute atomic E-state index is 0.0389. The van der Waals surface area contributed by atoms with Gasteiger partial charge in [-0.25, -0.2) is 4.98 Å². The Morgan fingerprint density at radius 1 is 1.06 bits per heavy atom. The molecular weight excluding hydrogens is 467 g/mol. The van der Waals surface area contributed by atoms with E-state index in [2.05, 4.69) is 36.2 Å². The van der Waals surface area contributed by atoms with Gasteiger partial charge in [0.1, 0.15) is 5.82 Å². The first-order valence-electron chi connectivity index (χ1n) is 10.2. The molecule has 3 N–H and O–H groups in total. The molecule has 2 aromatic heterocycles. The first-order chi connectivity index (χ1) is 16.9. The monoisotopic (exact) mass is 483 g/mol. The van der Waals surface area contributed by atoms with E-state index in [1.807, 2.05) is 0 Å². The lowest BCUT2D eigenvalue weighted by Crippen LogP contribution is -2.17. The van der Waals surface area contributed by atoms with Crippen molar-refractivity contribution in [3.05, 3.63) is 65.9 Å². The number of carbonyl (C=O) groups excluding carboxylic acids is 1. The molecule has 0 atom stereocenters. The van der Waals surface area contributed by atoms with Crippen LogP contribution in [0, 0.1) is 0 Å². The van der Waals surface area contributed by atoms with Crippen LogP contribution in [0.3, 0.4) is 0 Å². The lowest BCUT2D eigenvalue weighted by atomic mass is 10.1. The third kappa shape index (κ3) is 4.83. The van der Waals surface area contributed by atoms with E-state index in [0.717, 1.165) is 6.07 Å². The van der Waals surface area contributed by atoms with Crippen molar-refractivity contribution in [1.82, 2.24) is 25.6 Å². The summed E-state index contributed by atoms with van der Waals surface area (Å²) in [6.07, 6.45) is -4.07. The highest BCUT2D eigenvalue weighted by Gasteiger charge is 2.34. The second-order valence-corrected chi connectivity index (χ2v) is 7.43. The summed E-state index contributed by atoms with van der Waals surface area (Å²) in [4.78, 5) is 16.3. The number of halogens is 3. The Morgan fingerprint density at radius 2 is 1.89 bits per heavy atom. The number of alkyl halides is 3. The van der Waals surface area contributed by atoms with Crippen LogP contribution >= 0.6 is 0 Å². The third-order valence-electron chi connectivity index (χ3n) is 5.06. The number of anilines is 3. The number of benzene rings is 2. The van der Waals surface area contributed by atoms with E-state index in [9.17, 15) is 18.0 Å². The van der Waals surface area contributed by atoms with Gasteiger partial charge in [-0.1, -0.05) is 18.2 Å². The predicted octanol–water partition coefficient (Wildman–Crippen LogP) is 3.93. The smallest absolute Gasteiger partial charge is 0.419 e. The topological polar surface area (TPSA) is 127 Å². The SMILES string of the molecule is O=C(Cc1ccc2c(c1)OCO2)Nc1cc(Nc2ccccc2-c2nn[nH]n2)c(C(F)(F)F)cn1. The molecule has 1 amide bonds. The zero-order chi connectivity index (χ0) is 24.4. The Kier molecular flexibility index (Phi) is 5.65. The van der Waals surface area contributed by atoms with Crippen molar-refractivity contribution in [3.63, 3.8) is 0 Å². The fourth-order valence-corrected chi connectivity index (χ4v) is 3.48. The standard InChI is InChI=1S/C22H16F3N7O3/c23-22(24,25)14-10-26-19(28-20(33)8-12-5-6-17-18(7-12)35-11-34-17)9-16(14)27-15-4-2-1-3-13(15)21-29-31-32-30-21/h1-7,9-10H,8,11H2,(H2,26,27,28,33)(H,29,30,31,32). The number of amides is 1. The summed E-state index contributed by atoms with van der Waals surface area (Å²) >= 11 is 0. The maximum absolute atomic E-state index is 13.7. The van der Waals surface area contributed by atoms with Crippen molar-refractivity contribution < 1.29 is 27.4 Å². The van der Waals surface area contributed by atoms with E-state index < -0.39 is 17.6 Å². The van der Waals surface area contributed by atoms with Gasteiger partial charge < -0.3 is 20.1 Å². The van der Waals surface area contributed by atoms with E-state index in [1.165, 1.54) is 0 Å². The lowest BCUT2D eigenvalue weighted by molar-refractivity contribution is -0.137. The number of aromatic amines is 1. The van der Waals surface area contributed by atoms with E-state index >= 15 is 0 Å². The van der Waals surface area contributed by atoms with Gasteiger partial charge in [0.2, 0.25) is 18.5 Å². The van der Waals surface area contributed by atoms with Crippen LogP contribution in [0.5, 0.6) is 11.5 Å². The molecule has 13 heteroatoms. The molecule has 2 aromatic carbocycles. The predicted molar refractivity (Wildman–Crippen MR) is 117 cm³/mol. The summed E-state index contributed by atoms with van der Waals surface area (Å²) in [6, 6.07) is 12.7. The number of tetrazole rings is 1. The molecule has 35 heavy (non-hydrogen) atoms. The molecule has 5 rings (SSSR count). The maximum atomic E-state index is 13.7. The number of aromatic nitrogens is 5. The van der Waals surface area contributed by atoms with Crippen molar-refractivity contribution in [1.29, 1.82) is 0 Å². The van der Waals surface area contributed by atoms with Crippen molar-refractivity contribution in [2.24, 2.45) is 0 Å². The van der Waals surface area contributed by atoms with Gasteiger partial charge in [0.15, 0.2) is 11.5 Å². The summed E-state index contributed by atoms with van der Waals surface area (Å²) in [6.45, 7) is 0.103. The van der Waals surface area contributed by atoms with Gasteiger partial charge in [-0.2, -0.15) is 18.4 Å². The van der Waals surface area contributed by atoms with Crippen LogP contribution in [0.15, 0.2) is 54.7 Å². The van der Waals surface area contributed by atoms with Crippen LogP contribution in [-0.4, -0.2) is 38.3 Å². The first-order valence-corrected chi connectivity index (χ1v) is 10.2. The van der Waals surface area contributed by atoms with Crippen LogP contribution in [-0.2, 0) is 17.4 Å². The van der Waals surface area contributed by atoms with Gasteiger partial charge in [-0.15, -0.1) is 10.2 Å². The molecule has 0 saturated heterocycles. The van der Waals surface area contributed by atoms with Crippen LogP contribution in [0.4, 0.5) is 30.4 Å². The Hall–Kier alpha value is -4.68. The number of ether oxygens (including phenoxy) is 2. The van der Waals surface area contributed by atoms with Crippen molar-refractivity contribution in [3.8, 4) is 22.9 Å². The highest BCUT2D eigenvalue weighted by molar-refractivity contribution is 5.92. The molecule has 1 aliphatic rings. The zero-order valence-corrected chi connectivity index (χ0v) is 17.8. The largest absolute Gasteiger partial charge is 0.454 e. The molecule has 0 saturated carbocycles. The molecule has 0 bridgehead atoms.